The lowest BCUT2D eigenvalue weighted by molar-refractivity contribution is -0.116. The highest BCUT2D eigenvalue weighted by Crippen LogP contribution is 2.25. The van der Waals surface area contributed by atoms with Crippen molar-refractivity contribution in [2.75, 3.05) is 24.2 Å². The summed E-state index contributed by atoms with van der Waals surface area (Å²) in [6, 6.07) is 15.1. The average Bonchev–Trinajstić information content (AvgIpc) is 2.74. The Kier molecular flexibility index (Phi) is 7.75. The fourth-order valence-corrected chi connectivity index (χ4v) is 5.72. The molecule has 1 aliphatic rings. The van der Waals surface area contributed by atoms with Crippen LogP contribution in [0.25, 0.3) is 0 Å². The SMILES string of the molecule is Cc1ccc(S(=O)(=O)N2CCCCC2)cc1NC(=O)CCCSc1ccccc1. The van der Waals surface area contributed by atoms with Crippen LogP contribution in [0.15, 0.2) is 58.3 Å². The number of hydrogen-bond donors (Lipinski definition) is 1. The Balaban J connectivity index is 1.57. The van der Waals surface area contributed by atoms with Crippen LogP contribution < -0.4 is 5.32 Å². The molecule has 0 bridgehead atoms. The predicted molar refractivity (Wildman–Crippen MR) is 119 cm³/mol. The number of anilines is 1. The van der Waals surface area contributed by atoms with Crippen molar-refractivity contribution in [1.29, 1.82) is 0 Å². The first-order chi connectivity index (χ1) is 14.0. The molecule has 1 amide bonds. The Bertz CT molecular complexity index is 924. The van der Waals surface area contributed by atoms with Crippen LogP contribution in [0.1, 0.15) is 37.7 Å². The van der Waals surface area contributed by atoms with Gasteiger partial charge < -0.3 is 5.32 Å². The number of piperidine rings is 1. The Hall–Kier alpha value is -1.83. The highest BCUT2D eigenvalue weighted by atomic mass is 32.2. The maximum absolute atomic E-state index is 12.9. The third-order valence-corrected chi connectivity index (χ3v) is 7.99. The number of benzene rings is 2. The third-order valence-electron chi connectivity index (χ3n) is 5.00. The van der Waals surface area contributed by atoms with Gasteiger partial charge in [0.15, 0.2) is 0 Å². The van der Waals surface area contributed by atoms with Crippen LogP contribution in [0.3, 0.4) is 0 Å². The van der Waals surface area contributed by atoms with E-state index in [9.17, 15) is 13.2 Å². The number of rotatable bonds is 8. The van der Waals surface area contributed by atoms with Crippen LogP contribution in [0, 0.1) is 6.92 Å². The van der Waals surface area contributed by atoms with Crippen LogP contribution in [0.4, 0.5) is 5.69 Å². The van der Waals surface area contributed by atoms with Crippen molar-refractivity contribution in [3.05, 3.63) is 54.1 Å². The summed E-state index contributed by atoms with van der Waals surface area (Å²) in [5.74, 6) is 0.772. The van der Waals surface area contributed by atoms with Crippen LogP contribution in [0.5, 0.6) is 0 Å². The van der Waals surface area contributed by atoms with Gasteiger partial charge >= 0.3 is 0 Å². The summed E-state index contributed by atoms with van der Waals surface area (Å²) in [5, 5.41) is 2.89. The van der Waals surface area contributed by atoms with E-state index in [-0.39, 0.29) is 10.8 Å². The third kappa shape index (κ3) is 6.07. The van der Waals surface area contributed by atoms with Crippen LogP contribution in [-0.4, -0.2) is 37.5 Å². The van der Waals surface area contributed by atoms with Gasteiger partial charge in [-0.05, 0) is 61.8 Å². The molecular weight excluding hydrogens is 404 g/mol. The number of aryl methyl sites for hydroxylation is 1. The summed E-state index contributed by atoms with van der Waals surface area (Å²) in [4.78, 5) is 13.8. The molecule has 5 nitrogen and oxygen atoms in total. The van der Waals surface area contributed by atoms with Gasteiger partial charge in [-0.3, -0.25) is 4.79 Å². The van der Waals surface area contributed by atoms with Gasteiger partial charge in [0.25, 0.3) is 0 Å². The molecule has 1 heterocycles. The summed E-state index contributed by atoms with van der Waals surface area (Å²) in [6.07, 6.45) is 4.04. The largest absolute Gasteiger partial charge is 0.326 e. The smallest absolute Gasteiger partial charge is 0.243 e. The lowest BCUT2D eigenvalue weighted by atomic mass is 10.2. The Morgan fingerprint density at radius 1 is 1.07 bits per heavy atom. The first-order valence-corrected chi connectivity index (χ1v) is 12.5. The summed E-state index contributed by atoms with van der Waals surface area (Å²) in [5.41, 5.74) is 1.43. The predicted octanol–water partition coefficient (Wildman–Crippen LogP) is 4.68. The van der Waals surface area contributed by atoms with Gasteiger partial charge in [0.1, 0.15) is 0 Å². The van der Waals surface area contributed by atoms with Crippen molar-refractivity contribution < 1.29 is 13.2 Å². The van der Waals surface area contributed by atoms with Crippen molar-refractivity contribution in [3.63, 3.8) is 0 Å². The molecule has 156 valence electrons. The minimum absolute atomic E-state index is 0.0886. The maximum atomic E-state index is 12.9. The molecule has 0 aliphatic carbocycles. The number of sulfonamides is 1. The molecule has 1 aliphatic heterocycles. The van der Waals surface area contributed by atoms with E-state index in [4.69, 9.17) is 0 Å². The second kappa shape index (κ2) is 10.3. The molecule has 1 saturated heterocycles. The normalized spacial score (nSPS) is 15.2. The molecule has 2 aromatic rings. The molecular formula is C22H28N2O3S2. The lowest BCUT2D eigenvalue weighted by Gasteiger charge is -2.26. The van der Waals surface area contributed by atoms with E-state index in [0.717, 1.165) is 37.0 Å². The highest BCUT2D eigenvalue weighted by Gasteiger charge is 2.26. The van der Waals surface area contributed by atoms with Crippen LogP contribution in [0.2, 0.25) is 0 Å². The van der Waals surface area contributed by atoms with Crippen molar-refractivity contribution in [3.8, 4) is 0 Å². The zero-order chi connectivity index (χ0) is 20.7. The molecule has 2 aromatic carbocycles. The Morgan fingerprint density at radius 2 is 1.79 bits per heavy atom. The number of nitrogens with zero attached hydrogens (tertiary/aromatic N) is 1. The standard InChI is InChI=1S/C22H28N2O3S2/c1-18-12-13-20(29(26,27)24-14-6-3-7-15-24)17-21(18)23-22(25)11-8-16-28-19-9-4-2-5-10-19/h2,4-5,9-10,12-13,17H,3,6-8,11,14-16H2,1H3,(H,23,25). The van der Waals surface area contributed by atoms with E-state index >= 15 is 0 Å². The second-order valence-electron chi connectivity index (χ2n) is 7.25. The molecule has 0 unspecified atom stereocenters. The monoisotopic (exact) mass is 432 g/mol. The molecule has 0 spiro atoms. The number of amides is 1. The number of carbonyl (C=O) groups is 1. The molecule has 7 heteroatoms. The second-order valence-corrected chi connectivity index (χ2v) is 10.4. The molecule has 1 fully saturated rings. The van der Waals surface area contributed by atoms with Gasteiger partial charge in [-0.15, -0.1) is 11.8 Å². The number of nitrogens with one attached hydrogen (secondary N) is 1. The zero-order valence-electron chi connectivity index (χ0n) is 16.8. The Morgan fingerprint density at radius 3 is 2.52 bits per heavy atom. The van der Waals surface area contributed by atoms with Crippen molar-refractivity contribution >= 4 is 33.4 Å². The minimum atomic E-state index is -3.51. The summed E-state index contributed by atoms with van der Waals surface area (Å²) < 4.78 is 27.3. The zero-order valence-corrected chi connectivity index (χ0v) is 18.4. The highest BCUT2D eigenvalue weighted by molar-refractivity contribution is 7.99. The van der Waals surface area contributed by atoms with E-state index in [1.165, 1.54) is 4.90 Å². The molecule has 0 atom stereocenters. The van der Waals surface area contributed by atoms with E-state index < -0.39 is 10.0 Å². The maximum Gasteiger partial charge on any atom is 0.243 e. The Labute approximate surface area is 177 Å². The average molecular weight is 433 g/mol. The van der Waals surface area contributed by atoms with Gasteiger partial charge in [-0.25, -0.2) is 8.42 Å². The van der Waals surface area contributed by atoms with Gasteiger partial charge in [-0.2, -0.15) is 4.31 Å². The van der Waals surface area contributed by atoms with E-state index in [1.807, 2.05) is 25.1 Å². The van der Waals surface area contributed by atoms with E-state index in [1.54, 1.807) is 34.3 Å². The fourth-order valence-electron chi connectivity index (χ4n) is 3.30. The summed E-state index contributed by atoms with van der Waals surface area (Å²) in [6.45, 7) is 3.01. The van der Waals surface area contributed by atoms with Crippen molar-refractivity contribution in [2.24, 2.45) is 0 Å². The first kappa shape index (κ1) is 21.9. The van der Waals surface area contributed by atoms with Crippen molar-refractivity contribution in [2.45, 2.75) is 48.8 Å². The molecule has 1 N–H and O–H groups in total. The quantitative estimate of drug-likeness (QED) is 0.486. The van der Waals surface area contributed by atoms with Gasteiger partial charge in [0.05, 0.1) is 4.90 Å². The summed E-state index contributed by atoms with van der Waals surface area (Å²) >= 11 is 1.73. The molecule has 29 heavy (non-hydrogen) atoms. The number of hydrogen-bond acceptors (Lipinski definition) is 4. The topological polar surface area (TPSA) is 66.5 Å². The molecule has 0 aromatic heterocycles. The van der Waals surface area contributed by atoms with Gasteiger partial charge in [-0.1, -0.05) is 30.7 Å². The summed E-state index contributed by atoms with van der Waals surface area (Å²) in [7, 11) is -3.51. The molecule has 3 rings (SSSR count). The lowest BCUT2D eigenvalue weighted by Crippen LogP contribution is -2.35. The van der Waals surface area contributed by atoms with Crippen LogP contribution in [-0.2, 0) is 14.8 Å². The van der Waals surface area contributed by atoms with Gasteiger partial charge in [0, 0.05) is 30.1 Å². The van der Waals surface area contributed by atoms with E-state index in [0.29, 0.717) is 25.2 Å². The van der Waals surface area contributed by atoms with Crippen molar-refractivity contribution in [1.82, 2.24) is 4.31 Å². The minimum Gasteiger partial charge on any atom is -0.326 e. The number of carbonyl (C=O) groups excluding carboxylic acids is 1. The van der Waals surface area contributed by atoms with E-state index in [2.05, 4.69) is 17.4 Å². The molecule has 0 radical (unpaired) electrons. The van der Waals surface area contributed by atoms with Crippen LogP contribution >= 0.6 is 11.8 Å². The number of thioether (sulfide) groups is 1. The first-order valence-electron chi connectivity index (χ1n) is 10.1. The fraction of sp³-hybridized carbons (Fsp3) is 0.409. The van der Waals surface area contributed by atoms with Gasteiger partial charge in [0.2, 0.25) is 15.9 Å². The molecule has 0 saturated carbocycles.